The van der Waals surface area contributed by atoms with Gasteiger partial charge in [0.15, 0.2) is 0 Å². The maximum atomic E-state index is 5.08. The molecule has 0 saturated carbocycles. The van der Waals surface area contributed by atoms with Gasteiger partial charge in [0, 0.05) is 0 Å². The van der Waals surface area contributed by atoms with Gasteiger partial charge in [0.25, 0.3) is 0 Å². The van der Waals surface area contributed by atoms with E-state index in [1.54, 1.807) is 7.11 Å². The lowest BCUT2D eigenvalue weighted by molar-refractivity contribution is 0.390. The minimum atomic E-state index is 0.627. The molecule has 3 heteroatoms. The molecule has 0 amide bonds. The highest BCUT2D eigenvalue weighted by Gasteiger charge is 2.07. The van der Waals surface area contributed by atoms with Crippen LogP contribution >= 0.6 is 0 Å². The predicted octanol–water partition coefficient (Wildman–Crippen LogP) is 2.77. The van der Waals surface area contributed by atoms with Crippen molar-refractivity contribution < 1.29 is 4.74 Å². The summed E-state index contributed by atoms with van der Waals surface area (Å²) in [6.07, 6.45) is 5.29. The van der Waals surface area contributed by atoms with Gasteiger partial charge in [0.2, 0.25) is 5.88 Å². The van der Waals surface area contributed by atoms with E-state index in [-0.39, 0.29) is 0 Å². The normalized spacial score (nSPS) is 12.5. The fourth-order valence-corrected chi connectivity index (χ4v) is 1.77. The first kappa shape index (κ1) is 12.0. The first-order chi connectivity index (χ1) is 7.17. The quantitative estimate of drug-likeness (QED) is 0.746. The first-order valence-electron chi connectivity index (χ1n) is 5.53. The van der Waals surface area contributed by atoms with Crippen LogP contribution < -0.4 is 4.74 Å². The van der Waals surface area contributed by atoms with Crippen LogP contribution in [0.25, 0.3) is 0 Å². The van der Waals surface area contributed by atoms with Crippen LogP contribution in [0.5, 0.6) is 5.88 Å². The van der Waals surface area contributed by atoms with Gasteiger partial charge >= 0.3 is 0 Å². The molecule has 0 aliphatic carbocycles. The average Bonchev–Trinajstić information content (AvgIpc) is 2.18. The monoisotopic (exact) mass is 208 g/mol. The molecule has 1 aromatic heterocycles. The molecule has 84 valence electrons. The van der Waals surface area contributed by atoms with Gasteiger partial charge in [-0.05, 0) is 19.3 Å². The second-order valence-electron chi connectivity index (χ2n) is 4.05. The maximum absolute atomic E-state index is 5.08. The minimum Gasteiger partial charge on any atom is -0.480 e. The lowest BCUT2D eigenvalue weighted by Gasteiger charge is -2.10. The van der Waals surface area contributed by atoms with Gasteiger partial charge in [-0.1, -0.05) is 26.7 Å². The third-order valence-corrected chi connectivity index (χ3v) is 2.48. The van der Waals surface area contributed by atoms with Crippen LogP contribution in [0.3, 0.4) is 0 Å². The Bertz CT molecular complexity index is 312. The van der Waals surface area contributed by atoms with Crippen molar-refractivity contribution in [3.8, 4) is 5.88 Å². The number of methoxy groups -OCH3 is 1. The van der Waals surface area contributed by atoms with E-state index in [1.807, 2.05) is 13.1 Å². The van der Waals surface area contributed by atoms with E-state index in [4.69, 9.17) is 4.74 Å². The topological polar surface area (TPSA) is 35.0 Å². The standard InChI is InChI=1S/C12H20N2O/c1-5-6-9(2)7-11-8-13-12(15-4)10(3)14-11/h8-9H,5-7H2,1-4H3. The van der Waals surface area contributed by atoms with Crippen molar-refractivity contribution in [3.63, 3.8) is 0 Å². The molecule has 0 aliphatic heterocycles. The summed E-state index contributed by atoms with van der Waals surface area (Å²) in [5.74, 6) is 1.30. The molecule has 1 aromatic rings. The van der Waals surface area contributed by atoms with Crippen LogP contribution in [0.15, 0.2) is 6.20 Å². The molecular formula is C12H20N2O. The molecule has 15 heavy (non-hydrogen) atoms. The Kier molecular flexibility index (Phi) is 4.53. The van der Waals surface area contributed by atoms with Crippen molar-refractivity contribution in [2.45, 2.75) is 40.0 Å². The zero-order valence-electron chi connectivity index (χ0n) is 10.1. The number of aryl methyl sites for hydroxylation is 1. The second kappa shape index (κ2) is 5.69. The van der Waals surface area contributed by atoms with Crippen LogP contribution in [0.2, 0.25) is 0 Å². The van der Waals surface area contributed by atoms with Crippen LogP contribution in [0.4, 0.5) is 0 Å². The zero-order valence-corrected chi connectivity index (χ0v) is 10.1. The Morgan fingerprint density at radius 2 is 2.20 bits per heavy atom. The molecule has 0 saturated heterocycles. The van der Waals surface area contributed by atoms with Gasteiger partial charge in [-0.2, -0.15) is 0 Å². The predicted molar refractivity (Wildman–Crippen MR) is 61.1 cm³/mol. The van der Waals surface area contributed by atoms with Gasteiger partial charge in [0.1, 0.15) is 0 Å². The van der Waals surface area contributed by atoms with E-state index in [9.17, 15) is 0 Å². The highest BCUT2D eigenvalue weighted by Crippen LogP contribution is 2.15. The number of hydrogen-bond donors (Lipinski definition) is 0. The molecule has 0 aliphatic rings. The van der Waals surface area contributed by atoms with Crippen LogP contribution in [-0.4, -0.2) is 17.1 Å². The third-order valence-electron chi connectivity index (χ3n) is 2.48. The molecule has 0 aromatic carbocycles. The lowest BCUT2D eigenvalue weighted by Crippen LogP contribution is -2.04. The van der Waals surface area contributed by atoms with Crippen molar-refractivity contribution in [3.05, 3.63) is 17.6 Å². The Balaban J connectivity index is 2.66. The fourth-order valence-electron chi connectivity index (χ4n) is 1.77. The van der Waals surface area contributed by atoms with Gasteiger partial charge in [-0.3, -0.25) is 4.98 Å². The number of ether oxygens (including phenoxy) is 1. The van der Waals surface area contributed by atoms with E-state index in [0.717, 1.165) is 17.8 Å². The number of rotatable bonds is 5. The molecular weight excluding hydrogens is 188 g/mol. The van der Waals surface area contributed by atoms with E-state index < -0.39 is 0 Å². The first-order valence-corrected chi connectivity index (χ1v) is 5.53. The van der Waals surface area contributed by atoms with Gasteiger partial charge in [0.05, 0.1) is 24.7 Å². The van der Waals surface area contributed by atoms with E-state index in [0.29, 0.717) is 11.8 Å². The van der Waals surface area contributed by atoms with Crippen molar-refractivity contribution in [1.29, 1.82) is 0 Å². The van der Waals surface area contributed by atoms with Crippen LogP contribution in [0, 0.1) is 12.8 Å². The van der Waals surface area contributed by atoms with Crippen molar-refractivity contribution in [2.75, 3.05) is 7.11 Å². The second-order valence-corrected chi connectivity index (χ2v) is 4.05. The molecule has 1 unspecified atom stereocenters. The Hall–Kier alpha value is -1.12. The summed E-state index contributed by atoms with van der Waals surface area (Å²) in [6, 6.07) is 0. The Morgan fingerprint density at radius 1 is 1.47 bits per heavy atom. The van der Waals surface area contributed by atoms with Gasteiger partial charge < -0.3 is 4.74 Å². The molecule has 0 spiro atoms. The summed E-state index contributed by atoms with van der Waals surface area (Å²) in [4.78, 5) is 8.70. The van der Waals surface area contributed by atoms with Crippen LogP contribution in [-0.2, 0) is 6.42 Å². The number of nitrogens with zero attached hydrogens (tertiary/aromatic N) is 2. The van der Waals surface area contributed by atoms with Crippen molar-refractivity contribution in [2.24, 2.45) is 5.92 Å². The number of aromatic nitrogens is 2. The molecule has 1 rings (SSSR count). The fraction of sp³-hybridized carbons (Fsp3) is 0.667. The summed E-state index contributed by atoms with van der Waals surface area (Å²) in [5.41, 5.74) is 1.94. The smallest absolute Gasteiger partial charge is 0.235 e. The number of hydrogen-bond acceptors (Lipinski definition) is 3. The lowest BCUT2D eigenvalue weighted by atomic mass is 10.0. The van der Waals surface area contributed by atoms with Gasteiger partial charge in [-0.25, -0.2) is 4.98 Å². The zero-order chi connectivity index (χ0) is 11.3. The SMILES string of the molecule is CCCC(C)Cc1cnc(OC)c(C)n1. The van der Waals surface area contributed by atoms with Crippen molar-refractivity contribution in [1.82, 2.24) is 9.97 Å². The van der Waals surface area contributed by atoms with Crippen LogP contribution in [0.1, 0.15) is 38.1 Å². The molecule has 0 N–H and O–H groups in total. The Morgan fingerprint density at radius 3 is 2.73 bits per heavy atom. The van der Waals surface area contributed by atoms with E-state index >= 15 is 0 Å². The third kappa shape index (κ3) is 3.50. The van der Waals surface area contributed by atoms with Crippen molar-refractivity contribution >= 4 is 0 Å². The average molecular weight is 208 g/mol. The minimum absolute atomic E-state index is 0.627. The maximum Gasteiger partial charge on any atom is 0.235 e. The highest BCUT2D eigenvalue weighted by atomic mass is 16.5. The molecule has 1 heterocycles. The molecule has 0 fully saturated rings. The summed E-state index contributed by atoms with van der Waals surface area (Å²) in [6.45, 7) is 6.39. The summed E-state index contributed by atoms with van der Waals surface area (Å²) in [5, 5.41) is 0. The molecule has 1 atom stereocenters. The molecule has 0 bridgehead atoms. The molecule has 3 nitrogen and oxygen atoms in total. The summed E-state index contributed by atoms with van der Waals surface area (Å²) >= 11 is 0. The molecule has 0 radical (unpaired) electrons. The summed E-state index contributed by atoms with van der Waals surface area (Å²) in [7, 11) is 1.62. The highest BCUT2D eigenvalue weighted by molar-refractivity contribution is 5.18. The Labute approximate surface area is 91.9 Å². The van der Waals surface area contributed by atoms with E-state index in [2.05, 4.69) is 23.8 Å². The van der Waals surface area contributed by atoms with E-state index in [1.165, 1.54) is 12.8 Å². The summed E-state index contributed by atoms with van der Waals surface area (Å²) < 4.78 is 5.08. The largest absolute Gasteiger partial charge is 0.480 e. The van der Waals surface area contributed by atoms with Gasteiger partial charge in [-0.15, -0.1) is 0 Å².